The van der Waals surface area contributed by atoms with E-state index in [1.54, 1.807) is 79.9 Å². The monoisotopic (exact) mass is 517 g/mol. The molecule has 7 nitrogen and oxygen atoms in total. The summed E-state index contributed by atoms with van der Waals surface area (Å²) in [6.45, 7) is 3.81. The number of carbonyl (C=O) groups is 2. The van der Waals surface area contributed by atoms with Gasteiger partial charge in [0.25, 0.3) is 5.91 Å². The van der Waals surface area contributed by atoms with Crippen LogP contribution in [0.1, 0.15) is 36.0 Å². The molecule has 1 N–H and O–H groups in total. The van der Waals surface area contributed by atoms with Gasteiger partial charge in [-0.3, -0.25) is 14.5 Å². The van der Waals surface area contributed by atoms with Crippen LogP contribution in [-0.2, 0) is 4.79 Å². The van der Waals surface area contributed by atoms with E-state index >= 15 is 0 Å². The number of benzene rings is 3. The van der Waals surface area contributed by atoms with E-state index in [4.69, 9.17) is 25.5 Å². The van der Waals surface area contributed by atoms with Crippen LogP contribution in [0.5, 0.6) is 11.5 Å². The van der Waals surface area contributed by atoms with Crippen molar-refractivity contribution in [3.8, 4) is 11.5 Å². The molecule has 1 aromatic heterocycles. The summed E-state index contributed by atoms with van der Waals surface area (Å²) in [4.78, 5) is 28.6. The fourth-order valence-corrected chi connectivity index (χ4v) is 4.63. The quantitative estimate of drug-likeness (QED) is 0.275. The number of aliphatic hydroxyl groups is 1. The summed E-state index contributed by atoms with van der Waals surface area (Å²) in [5.74, 6) is -0.774. The van der Waals surface area contributed by atoms with Crippen LogP contribution in [0, 0.1) is 0 Å². The molecule has 0 aliphatic carbocycles. The van der Waals surface area contributed by atoms with Crippen LogP contribution in [0.15, 0.2) is 88.5 Å². The van der Waals surface area contributed by atoms with Crippen LogP contribution in [0.4, 0.5) is 5.69 Å². The van der Waals surface area contributed by atoms with Gasteiger partial charge in [0.15, 0.2) is 11.5 Å². The molecule has 2 heterocycles. The van der Waals surface area contributed by atoms with E-state index in [1.807, 2.05) is 13.8 Å². The van der Waals surface area contributed by atoms with Crippen molar-refractivity contribution in [1.82, 2.24) is 0 Å². The lowest BCUT2D eigenvalue weighted by Gasteiger charge is -2.27. The van der Waals surface area contributed by atoms with Gasteiger partial charge in [0, 0.05) is 16.1 Å². The Hall–Kier alpha value is -4.23. The molecule has 0 saturated carbocycles. The molecule has 0 bridgehead atoms. The minimum Gasteiger partial charge on any atom is -0.503 e. The van der Waals surface area contributed by atoms with Crippen molar-refractivity contribution >= 4 is 39.9 Å². The number of nitrogens with zero attached hydrogens (tertiary/aromatic N) is 1. The number of ketones is 1. The lowest BCUT2D eigenvalue weighted by molar-refractivity contribution is -0.117. The van der Waals surface area contributed by atoms with Gasteiger partial charge < -0.3 is 19.0 Å². The molecule has 0 spiro atoms. The van der Waals surface area contributed by atoms with Crippen molar-refractivity contribution in [2.24, 2.45) is 0 Å². The van der Waals surface area contributed by atoms with Crippen molar-refractivity contribution in [3.05, 3.63) is 100 Å². The number of halogens is 1. The maximum absolute atomic E-state index is 13.8. The first-order chi connectivity index (χ1) is 17.8. The van der Waals surface area contributed by atoms with Gasteiger partial charge in [0.05, 0.1) is 24.8 Å². The van der Waals surface area contributed by atoms with Crippen LogP contribution >= 0.6 is 11.6 Å². The normalized spacial score (nSPS) is 15.6. The number of hydrogen-bond donors (Lipinski definition) is 1. The zero-order chi connectivity index (χ0) is 26.3. The molecular formula is C29H24ClNO6. The Labute approximate surface area is 218 Å². The number of aliphatic hydroxyl groups excluding tert-OH is 1. The van der Waals surface area contributed by atoms with Crippen LogP contribution < -0.4 is 14.4 Å². The summed E-state index contributed by atoms with van der Waals surface area (Å²) in [7, 11) is 1.55. The van der Waals surface area contributed by atoms with Gasteiger partial charge in [-0.1, -0.05) is 23.7 Å². The summed E-state index contributed by atoms with van der Waals surface area (Å²) in [6.07, 6.45) is -0.0782. The molecule has 1 unspecified atom stereocenters. The highest BCUT2D eigenvalue weighted by Gasteiger charge is 2.45. The number of Topliss-reactive ketones (excluding diaryl/α,β-unsaturated/α-hetero) is 1. The molecule has 1 atom stereocenters. The SMILES string of the molecule is COc1ccc(N2C(=O)C(O)=C(C(=O)c3cc4cc(Cl)ccc4o3)C2c2cccc(OC(C)C)c2)cc1. The van der Waals surface area contributed by atoms with Crippen LogP contribution in [-0.4, -0.2) is 30.0 Å². The number of rotatable bonds is 7. The molecule has 0 fully saturated rings. The van der Waals surface area contributed by atoms with E-state index < -0.39 is 23.5 Å². The largest absolute Gasteiger partial charge is 0.503 e. The molecule has 5 rings (SSSR count). The van der Waals surface area contributed by atoms with Crippen molar-refractivity contribution in [3.63, 3.8) is 0 Å². The van der Waals surface area contributed by atoms with Crippen LogP contribution in [0.3, 0.4) is 0 Å². The molecule has 188 valence electrons. The fourth-order valence-electron chi connectivity index (χ4n) is 4.45. The molecule has 0 saturated heterocycles. The summed E-state index contributed by atoms with van der Waals surface area (Å²) in [5, 5.41) is 12.2. The third kappa shape index (κ3) is 4.54. The zero-order valence-corrected chi connectivity index (χ0v) is 21.2. The molecule has 4 aromatic rings. The topological polar surface area (TPSA) is 89.2 Å². The molecule has 8 heteroatoms. The summed E-state index contributed by atoms with van der Waals surface area (Å²) >= 11 is 6.09. The lowest BCUT2D eigenvalue weighted by Crippen LogP contribution is -2.31. The predicted octanol–water partition coefficient (Wildman–Crippen LogP) is 6.66. The minimum atomic E-state index is -0.930. The van der Waals surface area contributed by atoms with Gasteiger partial charge in [-0.2, -0.15) is 0 Å². The first-order valence-corrected chi connectivity index (χ1v) is 12.1. The van der Waals surface area contributed by atoms with Crippen LogP contribution in [0.2, 0.25) is 5.02 Å². The maximum atomic E-state index is 13.8. The third-order valence-electron chi connectivity index (χ3n) is 6.05. The van der Waals surface area contributed by atoms with Crippen molar-refractivity contribution < 1.29 is 28.6 Å². The van der Waals surface area contributed by atoms with E-state index in [9.17, 15) is 14.7 Å². The first kappa shape index (κ1) is 24.5. The molecular weight excluding hydrogens is 494 g/mol. The van der Waals surface area contributed by atoms with E-state index in [0.29, 0.717) is 38.7 Å². The van der Waals surface area contributed by atoms with Gasteiger partial charge in [-0.25, -0.2) is 0 Å². The second-order valence-corrected chi connectivity index (χ2v) is 9.34. The Bertz CT molecular complexity index is 1540. The van der Waals surface area contributed by atoms with Gasteiger partial charge in [0.1, 0.15) is 17.1 Å². The number of ether oxygens (including phenoxy) is 2. The van der Waals surface area contributed by atoms with Gasteiger partial charge >= 0.3 is 0 Å². The average Bonchev–Trinajstić information content (AvgIpc) is 3.42. The van der Waals surface area contributed by atoms with Gasteiger partial charge in [-0.15, -0.1) is 0 Å². The number of fused-ring (bicyclic) bond motifs is 1. The molecule has 1 aliphatic rings. The van der Waals surface area contributed by atoms with Gasteiger partial charge in [0.2, 0.25) is 5.78 Å². The number of methoxy groups -OCH3 is 1. The van der Waals surface area contributed by atoms with E-state index in [1.165, 1.54) is 4.90 Å². The second-order valence-electron chi connectivity index (χ2n) is 8.90. The summed E-state index contributed by atoms with van der Waals surface area (Å²) in [6, 6.07) is 19.6. The second kappa shape index (κ2) is 9.67. The number of hydrogen-bond acceptors (Lipinski definition) is 6. The predicted molar refractivity (Wildman–Crippen MR) is 141 cm³/mol. The molecule has 37 heavy (non-hydrogen) atoms. The van der Waals surface area contributed by atoms with Crippen molar-refractivity contribution in [2.75, 3.05) is 12.0 Å². The number of carbonyl (C=O) groups excluding carboxylic acids is 2. The number of anilines is 1. The van der Waals surface area contributed by atoms with Crippen molar-refractivity contribution in [2.45, 2.75) is 26.0 Å². The Morgan fingerprint density at radius 2 is 1.78 bits per heavy atom. The summed E-state index contributed by atoms with van der Waals surface area (Å²) < 4.78 is 16.9. The molecule has 1 amide bonds. The Morgan fingerprint density at radius 3 is 2.49 bits per heavy atom. The molecule has 3 aromatic carbocycles. The van der Waals surface area contributed by atoms with Crippen molar-refractivity contribution in [1.29, 1.82) is 0 Å². The summed E-state index contributed by atoms with van der Waals surface area (Å²) in [5.41, 5.74) is 1.45. The minimum absolute atomic E-state index is 0.0113. The van der Waals surface area contributed by atoms with E-state index in [-0.39, 0.29) is 17.4 Å². The standard InChI is InChI=1S/C29H24ClNO6/c1-16(2)36-22-6-4-5-17(14-22)26-25(27(32)24-15-18-13-19(30)7-12-23(18)37-24)28(33)29(34)31(26)20-8-10-21(35-3)11-9-20/h4-16,26,33H,1-3H3. The number of furan rings is 1. The zero-order valence-electron chi connectivity index (χ0n) is 20.4. The average molecular weight is 518 g/mol. The first-order valence-electron chi connectivity index (χ1n) is 11.7. The van der Waals surface area contributed by atoms with Gasteiger partial charge in [-0.05, 0) is 80.1 Å². The van der Waals surface area contributed by atoms with E-state index in [0.717, 1.165) is 0 Å². The molecule has 0 radical (unpaired) electrons. The third-order valence-corrected chi connectivity index (χ3v) is 6.29. The Balaban J connectivity index is 1.64. The van der Waals surface area contributed by atoms with Crippen LogP contribution in [0.25, 0.3) is 11.0 Å². The Kier molecular flexibility index (Phi) is 6.39. The Morgan fingerprint density at radius 1 is 1.03 bits per heavy atom. The molecule has 1 aliphatic heterocycles. The highest BCUT2D eigenvalue weighted by atomic mass is 35.5. The number of amides is 1. The fraction of sp³-hybridized carbons (Fsp3) is 0.172. The lowest BCUT2D eigenvalue weighted by atomic mass is 9.94. The maximum Gasteiger partial charge on any atom is 0.294 e. The van der Waals surface area contributed by atoms with E-state index in [2.05, 4.69) is 0 Å². The highest BCUT2D eigenvalue weighted by Crippen LogP contribution is 2.43. The smallest absolute Gasteiger partial charge is 0.294 e. The highest BCUT2D eigenvalue weighted by molar-refractivity contribution is 6.31.